The monoisotopic (exact) mass is 236 g/mol. The standard InChI is InChI=1S/C15H18B2O/c1-3-17(15-12-8-5-9-13-15)18-16(2)14-10-6-4-7-11-14/h4-13H,3H2,1-2H3. The first-order valence-electron chi connectivity index (χ1n) is 6.56. The highest BCUT2D eigenvalue weighted by Gasteiger charge is 2.21. The Morgan fingerprint density at radius 3 is 1.83 bits per heavy atom. The predicted molar refractivity (Wildman–Crippen MR) is 81.1 cm³/mol. The van der Waals surface area contributed by atoms with E-state index in [9.17, 15) is 0 Å². The summed E-state index contributed by atoms with van der Waals surface area (Å²) in [5, 5.41) is 0. The third-order valence-electron chi connectivity index (χ3n) is 3.18. The molecule has 0 aromatic heterocycles. The van der Waals surface area contributed by atoms with Gasteiger partial charge in [-0.05, 0) is 6.32 Å². The van der Waals surface area contributed by atoms with Crippen LogP contribution in [0.25, 0.3) is 0 Å². The van der Waals surface area contributed by atoms with Crippen LogP contribution in [0.1, 0.15) is 6.92 Å². The fourth-order valence-electron chi connectivity index (χ4n) is 2.13. The van der Waals surface area contributed by atoms with Gasteiger partial charge in [-0.2, -0.15) is 0 Å². The Morgan fingerprint density at radius 1 is 0.833 bits per heavy atom. The second kappa shape index (κ2) is 6.46. The van der Waals surface area contributed by atoms with Gasteiger partial charge in [-0.25, -0.2) is 0 Å². The van der Waals surface area contributed by atoms with E-state index in [0.717, 1.165) is 6.32 Å². The van der Waals surface area contributed by atoms with Crippen LogP contribution in [0.2, 0.25) is 13.1 Å². The Kier molecular flexibility index (Phi) is 4.66. The highest BCUT2D eigenvalue weighted by Crippen LogP contribution is 2.00. The zero-order valence-electron chi connectivity index (χ0n) is 11.0. The first kappa shape index (κ1) is 13.0. The summed E-state index contributed by atoms with van der Waals surface area (Å²) in [6.07, 6.45) is 0.987. The van der Waals surface area contributed by atoms with Gasteiger partial charge < -0.3 is 4.57 Å². The van der Waals surface area contributed by atoms with E-state index in [4.69, 9.17) is 4.57 Å². The van der Waals surface area contributed by atoms with Crippen LogP contribution in [0.15, 0.2) is 60.7 Å². The maximum Gasteiger partial charge on any atom is 0.311 e. The van der Waals surface area contributed by atoms with Crippen molar-refractivity contribution in [1.29, 1.82) is 0 Å². The van der Waals surface area contributed by atoms with E-state index in [1.165, 1.54) is 10.9 Å². The normalized spacial score (nSPS) is 10.1. The summed E-state index contributed by atoms with van der Waals surface area (Å²) >= 11 is 0. The van der Waals surface area contributed by atoms with Gasteiger partial charge in [0.05, 0.1) is 0 Å². The molecular formula is C15H18B2O. The number of benzene rings is 2. The van der Waals surface area contributed by atoms with Crippen molar-refractivity contribution in [3.05, 3.63) is 60.7 Å². The lowest BCUT2D eigenvalue weighted by atomic mass is 9.52. The molecule has 0 saturated carbocycles. The van der Waals surface area contributed by atoms with Crippen LogP contribution in [0.4, 0.5) is 0 Å². The van der Waals surface area contributed by atoms with Gasteiger partial charge in [0.1, 0.15) is 0 Å². The lowest BCUT2D eigenvalue weighted by Gasteiger charge is -2.17. The first-order valence-corrected chi connectivity index (χ1v) is 6.56. The summed E-state index contributed by atoms with van der Waals surface area (Å²) in [5.74, 6) is 0. The quantitative estimate of drug-likeness (QED) is 0.724. The molecule has 0 N–H and O–H groups in total. The minimum atomic E-state index is 0.122. The van der Waals surface area contributed by atoms with Gasteiger partial charge in [0, 0.05) is 0 Å². The van der Waals surface area contributed by atoms with Crippen molar-refractivity contribution in [2.24, 2.45) is 0 Å². The van der Waals surface area contributed by atoms with Crippen LogP contribution in [-0.2, 0) is 4.57 Å². The summed E-state index contributed by atoms with van der Waals surface area (Å²) < 4.78 is 6.17. The molecule has 0 aliphatic carbocycles. The predicted octanol–water partition coefficient (Wildman–Crippen LogP) is 2.45. The zero-order chi connectivity index (χ0) is 12.8. The van der Waals surface area contributed by atoms with Crippen molar-refractivity contribution in [3.8, 4) is 0 Å². The van der Waals surface area contributed by atoms with E-state index in [-0.39, 0.29) is 13.8 Å². The highest BCUT2D eigenvalue weighted by atomic mass is 16.4. The van der Waals surface area contributed by atoms with Crippen molar-refractivity contribution < 1.29 is 4.57 Å². The average Bonchev–Trinajstić information content (AvgIpc) is 2.46. The fourth-order valence-corrected chi connectivity index (χ4v) is 2.13. The molecule has 0 fully saturated rings. The molecule has 1 nitrogen and oxygen atoms in total. The SMILES string of the molecule is CCB(OB(C)c1ccccc1)c1ccccc1. The Balaban J connectivity index is 2.07. The smallest absolute Gasteiger partial charge is 0.311 e. The molecule has 2 aromatic rings. The summed E-state index contributed by atoms with van der Waals surface area (Å²) in [6.45, 7) is 4.56. The molecule has 0 amide bonds. The van der Waals surface area contributed by atoms with Crippen molar-refractivity contribution >= 4 is 24.8 Å². The van der Waals surface area contributed by atoms with Gasteiger partial charge in [-0.15, -0.1) is 0 Å². The van der Waals surface area contributed by atoms with E-state index in [1.54, 1.807) is 0 Å². The van der Waals surface area contributed by atoms with Gasteiger partial charge in [-0.1, -0.05) is 85.3 Å². The van der Waals surface area contributed by atoms with Crippen LogP contribution >= 0.6 is 0 Å². The second-order valence-corrected chi connectivity index (χ2v) is 4.50. The van der Waals surface area contributed by atoms with E-state index in [2.05, 4.69) is 62.3 Å². The van der Waals surface area contributed by atoms with Crippen LogP contribution in [-0.4, -0.2) is 13.8 Å². The van der Waals surface area contributed by atoms with Gasteiger partial charge >= 0.3 is 13.8 Å². The largest absolute Gasteiger partial charge is 0.491 e. The summed E-state index contributed by atoms with van der Waals surface area (Å²) in [7, 11) is 0. The molecule has 2 aromatic carbocycles. The summed E-state index contributed by atoms with van der Waals surface area (Å²) in [5.41, 5.74) is 2.48. The van der Waals surface area contributed by atoms with Gasteiger partial charge in [0.15, 0.2) is 0 Å². The number of hydrogen-bond donors (Lipinski definition) is 0. The van der Waals surface area contributed by atoms with Crippen molar-refractivity contribution in [1.82, 2.24) is 0 Å². The van der Waals surface area contributed by atoms with Crippen LogP contribution in [0.3, 0.4) is 0 Å². The summed E-state index contributed by atoms with van der Waals surface area (Å²) in [4.78, 5) is 0. The Hall–Kier alpha value is -1.47. The van der Waals surface area contributed by atoms with E-state index in [1.807, 2.05) is 12.1 Å². The molecule has 0 spiro atoms. The topological polar surface area (TPSA) is 9.23 Å². The molecule has 0 saturated heterocycles. The number of rotatable bonds is 5. The Morgan fingerprint density at radius 2 is 1.33 bits per heavy atom. The van der Waals surface area contributed by atoms with E-state index >= 15 is 0 Å². The van der Waals surface area contributed by atoms with Crippen molar-refractivity contribution in [2.75, 3.05) is 0 Å². The van der Waals surface area contributed by atoms with Crippen LogP contribution in [0, 0.1) is 0 Å². The maximum absolute atomic E-state index is 6.17. The van der Waals surface area contributed by atoms with Crippen molar-refractivity contribution in [3.63, 3.8) is 0 Å². The molecule has 18 heavy (non-hydrogen) atoms. The molecule has 3 heteroatoms. The van der Waals surface area contributed by atoms with Gasteiger partial charge in [0.25, 0.3) is 0 Å². The molecule has 0 aliphatic heterocycles. The van der Waals surface area contributed by atoms with E-state index in [0.29, 0.717) is 0 Å². The minimum absolute atomic E-state index is 0.122. The molecule has 0 heterocycles. The lowest BCUT2D eigenvalue weighted by Crippen LogP contribution is -2.42. The molecule has 0 atom stereocenters. The lowest BCUT2D eigenvalue weighted by molar-refractivity contribution is 0.613. The van der Waals surface area contributed by atoms with Crippen molar-refractivity contribution in [2.45, 2.75) is 20.1 Å². The maximum atomic E-state index is 6.17. The molecule has 90 valence electrons. The third kappa shape index (κ3) is 3.27. The number of hydrogen-bond acceptors (Lipinski definition) is 1. The molecule has 0 unspecified atom stereocenters. The zero-order valence-corrected chi connectivity index (χ0v) is 11.0. The fraction of sp³-hybridized carbons (Fsp3) is 0.200. The molecule has 0 aliphatic rings. The molecular weight excluding hydrogens is 218 g/mol. The third-order valence-corrected chi connectivity index (χ3v) is 3.18. The second-order valence-electron chi connectivity index (χ2n) is 4.50. The molecule has 0 radical (unpaired) electrons. The Bertz CT molecular complexity index is 458. The molecule has 2 rings (SSSR count). The van der Waals surface area contributed by atoms with Gasteiger partial charge in [0.2, 0.25) is 0 Å². The minimum Gasteiger partial charge on any atom is -0.491 e. The average molecular weight is 236 g/mol. The highest BCUT2D eigenvalue weighted by molar-refractivity contribution is 6.79. The Labute approximate surface area is 110 Å². The first-order chi connectivity index (χ1) is 8.81. The molecule has 0 bridgehead atoms. The summed E-state index contributed by atoms with van der Waals surface area (Å²) in [6, 6.07) is 20.8. The van der Waals surface area contributed by atoms with Crippen LogP contribution < -0.4 is 10.9 Å². The van der Waals surface area contributed by atoms with E-state index < -0.39 is 0 Å². The van der Waals surface area contributed by atoms with Gasteiger partial charge in [-0.3, -0.25) is 0 Å². The van der Waals surface area contributed by atoms with Crippen LogP contribution in [0.5, 0.6) is 0 Å².